The highest BCUT2D eigenvalue weighted by atomic mass is 19.1. The highest BCUT2D eigenvalue weighted by molar-refractivity contribution is 5.97. The molecule has 0 aliphatic carbocycles. The number of aromatic amines is 1. The standard InChI is InChI=1S/C11H11FN4O/c1-6-5-9(16-15-6)17-8-4-2-3-7(12)10(8)11(13)14/h2-5H,1H3,(H3,13,14)(H,15,16). The molecule has 2 aromatic rings. The van der Waals surface area contributed by atoms with E-state index < -0.39 is 5.82 Å². The molecular formula is C11H11FN4O. The Morgan fingerprint density at radius 2 is 2.29 bits per heavy atom. The molecule has 88 valence electrons. The van der Waals surface area contributed by atoms with E-state index in [9.17, 15) is 4.39 Å². The molecule has 0 bridgehead atoms. The van der Waals surface area contributed by atoms with Crippen molar-refractivity contribution in [1.82, 2.24) is 10.2 Å². The zero-order valence-electron chi connectivity index (χ0n) is 9.12. The number of amidine groups is 1. The zero-order valence-corrected chi connectivity index (χ0v) is 9.12. The number of nitrogens with two attached hydrogens (primary N) is 1. The highest BCUT2D eigenvalue weighted by Gasteiger charge is 2.13. The first-order valence-corrected chi connectivity index (χ1v) is 4.90. The third kappa shape index (κ3) is 2.25. The van der Waals surface area contributed by atoms with E-state index in [-0.39, 0.29) is 17.1 Å². The minimum atomic E-state index is -0.595. The molecule has 0 saturated heterocycles. The minimum absolute atomic E-state index is 0.0619. The lowest BCUT2D eigenvalue weighted by atomic mass is 10.1. The summed E-state index contributed by atoms with van der Waals surface area (Å²) in [7, 11) is 0. The molecule has 0 radical (unpaired) electrons. The van der Waals surface area contributed by atoms with Gasteiger partial charge in [0.25, 0.3) is 0 Å². The minimum Gasteiger partial charge on any atom is -0.437 e. The van der Waals surface area contributed by atoms with Crippen LogP contribution in [0.3, 0.4) is 0 Å². The maximum absolute atomic E-state index is 13.5. The summed E-state index contributed by atoms with van der Waals surface area (Å²) in [6.07, 6.45) is 0. The Kier molecular flexibility index (Phi) is 2.78. The second kappa shape index (κ2) is 4.25. The Hall–Kier alpha value is -2.37. The summed E-state index contributed by atoms with van der Waals surface area (Å²) in [4.78, 5) is 0. The van der Waals surface area contributed by atoms with Crippen molar-refractivity contribution in [3.05, 3.63) is 41.3 Å². The van der Waals surface area contributed by atoms with E-state index in [0.717, 1.165) is 5.69 Å². The number of nitrogen functional groups attached to an aromatic ring is 1. The van der Waals surface area contributed by atoms with E-state index in [1.54, 1.807) is 6.07 Å². The molecule has 1 aromatic carbocycles. The van der Waals surface area contributed by atoms with Gasteiger partial charge >= 0.3 is 0 Å². The lowest BCUT2D eigenvalue weighted by molar-refractivity contribution is 0.455. The number of halogens is 1. The molecular weight excluding hydrogens is 223 g/mol. The van der Waals surface area contributed by atoms with Gasteiger partial charge in [-0.3, -0.25) is 10.5 Å². The summed E-state index contributed by atoms with van der Waals surface area (Å²) in [6, 6.07) is 5.90. The van der Waals surface area contributed by atoms with Crippen molar-refractivity contribution < 1.29 is 9.13 Å². The van der Waals surface area contributed by atoms with Gasteiger partial charge in [-0.15, -0.1) is 5.10 Å². The lowest BCUT2D eigenvalue weighted by Crippen LogP contribution is -2.14. The van der Waals surface area contributed by atoms with Crippen LogP contribution in [-0.4, -0.2) is 16.0 Å². The van der Waals surface area contributed by atoms with Gasteiger partial charge in [-0.2, -0.15) is 0 Å². The van der Waals surface area contributed by atoms with Gasteiger partial charge in [0.15, 0.2) is 0 Å². The maximum Gasteiger partial charge on any atom is 0.238 e. The van der Waals surface area contributed by atoms with E-state index in [4.69, 9.17) is 15.9 Å². The number of ether oxygens (including phenoxy) is 1. The SMILES string of the molecule is Cc1cc(Oc2cccc(F)c2C(=N)N)n[nH]1. The highest BCUT2D eigenvalue weighted by Crippen LogP contribution is 2.25. The second-order valence-corrected chi connectivity index (χ2v) is 3.52. The number of rotatable bonds is 3. The molecule has 0 spiro atoms. The van der Waals surface area contributed by atoms with Crippen molar-refractivity contribution in [2.75, 3.05) is 0 Å². The third-order valence-corrected chi connectivity index (χ3v) is 2.14. The van der Waals surface area contributed by atoms with Crippen LogP contribution in [0.5, 0.6) is 11.6 Å². The molecule has 1 heterocycles. The van der Waals surface area contributed by atoms with Crippen molar-refractivity contribution in [2.45, 2.75) is 6.92 Å². The number of nitrogens with one attached hydrogen (secondary N) is 2. The van der Waals surface area contributed by atoms with Gasteiger partial charge in [-0.05, 0) is 19.1 Å². The summed E-state index contributed by atoms with van der Waals surface area (Å²) >= 11 is 0. The molecule has 1 aromatic heterocycles. The summed E-state index contributed by atoms with van der Waals surface area (Å²) in [5, 5.41) is 13.9. The van der Waals surface area contributed by atoms with Gasteiger partial charge in [0.05, 0.1) is 5.56 Å². The molecule has 6 heteroatoms. The molecule has 0 aliphatic heterocycles. The first-order chi connectivity index (χ1) is 8.08. The quantitative estimate of drug-likeness (QED) is 0.560. The largest absolute Gasteiger partial charge is 0.437 e. The third-order valence-electron chi connectivity index (χ3n) is 2.14. The number of H-pyrrole nitrogens is 1. The van der Waals surface area contributed by atoms with Crippen LogP contribution in [0.15, 0.2) is 24.3 Å². The van der Waals surface area contributed by atoms with Gasteiger partial charge in [-0.25, -0.2) is 4.39 Å². The summed E-state index contributed by atoms with van der Waals surface area (Å²) in [5.41, 5.74) is 6.07. The predicted octanol–water partition coefficient (Wildman–Crippen LogP) is 1.93. The Morgan fingerprint density at radius 1 is 1.53 bits per heavy atom. The Morgan fingerprint density at radius 3 is 2.88 bits per heavy atom. The second-order valence-electron chi connectivity index (χ2n) is 3.52. The van der Waals surface area contributed by atoms with Gasteiger partial charge in [0.2, 0.25) is 5.88 Å². The topological polar surface area (TPSA) is 87.8 Å². The van der Waals surface area contributed by atoms with E-state index in [1.807, 2.05) is 6.92 Å². The molecule has 4 N–H and O–H groups in total. The molecule has 0 amide bonds. The number of aryl methyl sites for hydroxylation is 1. The number of benzene rings is 1. The van der Waals surface area contributed by atoms with Gasteiger partial charge in [0, 0.05) is 11.8 Å². The van der Waals surface area contributed by atoms with Crippen LogP contribution in [0.2, 0.25) is 0 Å². The molecule has 0 atom stereocenters. The lowest BCUT2D eigenvalue weighted by Gasteiger charge is -2.08. The molecule has 0 unspecified atom stereocenters. The summed E-state index contributed by atoms with van der Waals surface area (Å²) < 4.78 is 18.8. The average Bonchev–Trinajstić information content (AvgIpc) is 2.63. The van der Waals surface area contributed by atoms with E-state index in [1.165, 1.54) is 18.2 Å². The van der Waals surface area contributed by atoms with Crippen molar-refractivity contribution in [3.8, 4) is 11.6 Å². The average molecular weight is 234 g/mol. The predicted molar refractivity (Wildman–Crippen MR) is 60.8 cm³/mol. The Balaban J connectivity index is 2.39. The van der Waals surface area contributed by atoms with E-state index in [2.05, 4.69) is 10.2 Å². The molecule has 2 rings (SSSR count). The van der Waals surface area contributed by atoms with Crippen LogP contribution in [0.1, 0.15) is 11.3 Å². The zero-order chi connectivity index (χ0) is 12.4. The van der Waals surface area contributed by atoms with Crippen LogP contribution >= 0.6 is 0 Å². The number of hydrogen-bond acceptors (Lipinski definition) is 3. The number of aromatic nitrogens is 2. The smallest absolute Gasteiger partial charge is 0.238 e. The maximum atomic E-state index is 13.5. The van der Waals surface area contributed by atoms with Crippen LogP contribution in [-0.2, 0) is 0 Å². The normalized spacial score (nSPS) is 10.2. The number of hydrogen-bond donors (Lipinski definition) is 3. The first kappa shape index (κ1) is 11.1. The Bertz CT molecular complexity index is 564. The van der Waals surface area contributed by atoms with Crippen LogP contribution in [0.25, 0.3) is 0 Å². The van der Waals surface area contributed by atoms with E-state index >= 15 is 0 Å². The van der Waals surface area contributed by atoms with Crippen LogP contribution < -0.4 is 10.5 Å². The molecule has 0 saturated carbocycles. The van der Waals surface area contributed by atoms with Crippen molar-refractivity contribution in [3.63, 3.8) is 0 Å². The fourth-order valence-corrected chi connectivity index (χ4v) is 1.41. The fourth-order valence-electron chi connectivity index (χ4n) is 1.41. The molecule has 5 nitrogen and oxygen atoms in total. The monoisotopic (exact) mass is 234 g/mol. The number of nitrogens with zero attached hydrogens (tertiary/aromatic N) is 1. The van der Waals surface area contributed by atoms with Crippen molar-refractivity contribution >= 4 is 5.84 Å². The van der Waals surface area contributed by atoms with Crippen LogP contribution in [0, 0.1) is 18.2 Å². The summed E-state index contributed by atoms with van der Waals surface area (Å²) in [5.74, 6) is -0.507. The van der Waals surface area contributed by atoms with Gasteiger partial charge < -0.3 is 10.5 Å². The summed E-state index contributed by atoms with van der Waals surface area (Å²) in [6.45, 7) is 1.82. The first-order valence-electron chi connectivity index (χ1n) is 4.90. The molecule has 17 heavy (non-hydrogen) atoms. The molecule has 0 aliphatic rings. The van der Waals surface area contributed by atoms with Crippen molar-refractivity contribution in [1.29, 1.82) is 5.41 Å². The van der Waals surface area contributed by atoms with Crippen molar-refractivity contribution in [2.24, 2.45) is 5.73 Å². The fraction of sp³-hybridized carbons (Fsp3) is 0.0909. The van der Waals surface area contributed by atoms with Crippen LogP contribution in [0.4, 0.5) is 4.39 Å². The Labute approximate surface area is 96.9 Å². The van der Waals surface area contributed by atoms with Gasteiger partial charge in [-0.1, -0.05) is 6.07 Å². The van der Waals surface area contributed by atoms with E-state index in [0.29, 0.717) is 5.88 Å². The molecule has 0 fully saturated rings. The van der Waals surface area contributed by atoms with Gasteiger partial charge in [0.1, 0.15) is 17.4 Å².